The second-order valence-electron chi connectivity index (χ2n) is 5.38. The van der Waals surface area contributed by atoms with Crippen LogP contribution in [0.2, 0.25) is 5.02 Å². The predicted molar refractivity (Wildman–Crippen MR) is 80.7 cm³/mol. The van der Waals surface area contributed by atoms with Gasteiger partial charge in [0.25, 0.3) is 0 Å². The molecule has 106 valence electrons. The number of benzene rings is 1. The van der Waals surface area contributed by atoms with Crippen LogP contribution in [-0.4, -0.2) is 24.3 Å². The third kappa shape index (κ3) is 3.41. The molecular weight excluding hydrogens is 260 g/mol. The Morgan fingerprint density at radius 1 is 1.42 bits per heavy atom. The summed E-state index contributed by atoms with van der Waals surface area (Å²) in [5.41, 5.74) is 7.94. The van der Waals surface area contributed by atoms with E-state index in [4.69, 9.17) is 17.3 Å². The number of anilines is 1. The quantitative estimate of drug-likeness (QED) is 0.896. The number of aliphatic hydroxyl groups excluding tert-OH is 1. The van der Waals surface area contributed by atoms with E-state index < -0.39 is 0 Å². The fourth-order valence-corrected chi connectivity index (χ4v) is 3.02. The molecule has 1 saturated heterocycles. The van der Waals surface area contributed by atoms with Crippen molar-refractivity contribution in [2.75, 3.05) is 18.1 Å². The molecule has 1 heterocycles. The maximum absolute atomic E-state index is 9.58. The van der Waals surface area contributed by atoms with E-state index in [0.717, 1.165) is 35.7 Å². The first-order chi connectivity index (χ1) is 9.13. The number of hydrogen-bond donors (Lipinski definition) is 2. The van der Waals surface area contributed by atoms with Gasteiger partial charge >= 0.3 is 0 Å². The van der Waals surface area contributed by atoms with Crippen LogP contribution in [0.25, 0.3) is 0 Å². The van der Waals surface area contributed by atoms with Crippen LogP contribution in [0, 0.1) is 0 Å². The van der Waals surface area contributed by atoms with Crippen molar-refractivity contribution in [3.8, 4) is 0 Å². The van der Waals surface area contributed by atoms with Crippen molar-refractivity contribution in [3.63, 3.8) is 0 Å². The van der Waals surface area contributed by atoms with E-state index in [1.165, 1.54) is 12.8 Å². The molecule has 0 spiro atoms. The van der Waals surface area contributed by atoms with E-state index in [0.29, 0.717) is 0 Å². The summed E-state index contributed by atoms with van der Waals surface area (Å²) in [6.07, 6.45) is 4.59. The fourth-order valence-electron chi connectivity index (χ4n) is 2.72. The lowest BCUT2D eigenvalue weighted by Crippen LogP contribution is -2.37. The Labute approximate surface area is 120 Å². The molecule has 3 nitrogen and oxygen atoms in total. The number of nitrogens with two attached hydrogens (primary N) is 1. The van der Waals surface area contributed by atoms with Crippen LogP contribution in [0.3, 0.4) is 0 Å². The molecule has 0 aromatic heterocycles. The lowest BCUT2D eigenvalue weighted by atomic mass is 10.1. The Kier molecular flexibility index (Phi) is 5.08. The highest BCUT2D eigenvalue weighted by Crippen LogP contribution is 2.32. The standard InChI is InChI=1S/C15H23ClN2O/c1-11(17)12-6-7-15(14(16)9-12)18-8-4-2-3-5-13(18)10-19/h6-7,9,11,13,19H,2-5,8,10,17H2,1H3/t11-,13?/m1/s1. The molecule has 2 atom stereocenters. The number of nitrogens with zero attached hydrogens (tertiary/aromatic N) is 1. The molecule has 2 rings (SSSR count). The van der Waals surface area contributed by atoms with Crippen LogP contribution in [0.1, 0.15) is 44.2 Å². The van der Waals surface area contributed by atoms with Gasteiger partial charge in [0.1, 0.15) is 0 Å². The van der Waals surface area contributed by atoms with Crippen LogP contribution in [0.5, 0.6) is 0 Å². The van der Waals surface area contributed by atoms with Crippen LogP contribution in [0.4, 0.5) is 5.69 Å². The third-order valence-corrected chi connectivity index (χ3v) is 4.20. The van der Waals surface area contributed by atoms with Gasteiger partial charge in [0.15, 0.2) is 0 Å². The van der Waals surface area contributed by atoms with Crippen molar-refractivity contribution in [1.29, 1.82) is 0 Å². The molecule has 1 unspecified atom stereocenters. The van der Waals surface area contributed by atoms with Gasteiger partial charge in [-0.15, -0.1) is 0 Å². The number of hydrogen-bond acceptors (Lipinski definition) is 3. The zero-order chi connectivity index (χ0) is 13.8. The number of halogens is 1. The Morgan fingerprint density at radius 2 is 2.21 bits per heavy atom. The largest absolute Gasteiger partial charge is 0.394 e. The Morgan fingerprint density at radius 3 is 2.84 bits per heavy atom. The SMILES string of the molecule is C[C@@H](N)c1ccc(N2CCCCCC2CO)c(Cl)c1. The molecule has 3 N–H and O–H groups in total. The van der Waals surface area contributed by atoms with Crippen molar-refractivity contribution in [2.45, 2.75) is 44.7 Å². The van der Waals surface area contributed by atoms with Crippen molar-refractivity contribution >= 4 is 17.3 Å². The highest BCUT2D eigenvalue weighted by Gasteiger charge is 2.22. The molecule has 0 bridgehead atoms. The van der Waals surface area contributed by atoms with Crippen molar-refractivity contribution in [2.24, 2.45) is 5.73 Å². The molecule has 1 aliphatic rings. The predicted octanol–water partition coefficient (Wildman–Crippen LogP) is 3.10. The van der Waals surface area contributed by atoms with E-state index in [-0.39, 0.29) is 18.7 Å². The Balaban J connectivity index is 2.28. The molecule has 19 heavy (non-hydrogen) atoms. The number of rotatable bonds is 3. The van der Waals surface area contributed by atoms with Crippen LogP contribution < -0.4 is 10.6 Å². The summed E-state index contributed by atoms with van der Waals surface area (Å²) in [7, 11) is 0. The van der Waals surface area contributed by atoms with Crippen molar-refractivity contribution < 1.29 is 5.11 Å². The van der Waals surface area contributed by atoms with Crippen molar-refractivity contribution in [1.82, 2.24) is 0 Å². The topological polar surface area (TPSA) is 49.5 Å². The monoisotopic (exact) mass is 282 g/mol. The normalized spacial score (nSPS) is 22.1. The fraction of sp³-hybridized carbons (Fsp3) is 0.600. The molecule has 0 saturated carbocycles. The summed E-state index contributed by atoms with van der Waals surface area (Å²) in [5, 5.41) is 10.3. The molecule has 0 radical (unpaired) electrons. The molecule has 0 amide bonds. The van der Waals surface area contributed by atoms with Gasteiger partial charge in [0.05, 0.1) is 23.4 Å². The minimum absolute atomic E-state index is 0.00989. The molecular formula is C15H23ClN2O. The van der Waals surface area contributed by atoms with Gasteiger partial charge in [-0.2, -0.15) is 0 Å². The Bertz CT molecular complexity index is 423. The Hall–Kier alpha value is -0.770. The minimum atomic E-state index is -0.00989. The van der Waals surface area contributed by atoms with E-state index in [2.05, 4.69) is 4.90 Å². The first kappa shape index (κ1) is 14.6. The second-order valence-corrected chi connectivity index (χ2v) is 5.79. The molecule has 1 aromatic carbocycles. The summed E-state index contributed by atoms with van der Waals surface area (Å²) < 4.78 is 0. The summed E-state index contributed by atoms with van der Waals surface area (Å²) >= 11 is 6.40. The molecule has 0 aliphatic carbocycles. The van der Waals surface area contributed by atoms with Gasteiger partial charge in [-0.3, -0.25) is 0 Å². The van der Waals surface area contributed by atoms with Crippen LogP contribution >= 0.6 is 11.6 Å². The second kappa shape index (κ2) is 6.60. The zero-order valence-corrected chi connectivity index (χ0v) is 12.2. The molecule has 1 aliphatic heterocycles. The van der Waals surface area contributed by atoms with Crippen LogP contribution in [-0.2, 0) is 0 Å². The average molecular weight is 283 g/mol. The molecule has 1 aromatic rings. The van der Waals surface area contributed by atoms with Gasteiger partial charge in [-0.05, 0) is 37.5 Å². The van der Waals surface area contributed by atoms with Gasteiger partial charge < -0.3 is 15.7 Å². The van der Waals surface area contributed by atoms with Gasteiger partial charge in [0, 0.05) is 12.6 Å². The maximum Gasteiger partial charge on any atom is 0.0643 e. The average Bonchev–Trinajstić information content (AvgIpc) is 2.63. The highest BCUT2D eigenvalue weighted by atomic mass is 35.5. The lowest BCUT2D eigenvalue weighted by molar-refractivity contribution is 0.255. The first-order valence-electron chi connectivity index (χ1n) is 7.06. The summed E-state index contributed by atoms with van der Waals surface area (Å²) in [4.78, 5) is 2.25. The summed E-state index contributed by atoms with van der Waals surface area (Å²) in [6.45, 7) is 3.10. The third-order valence-electron chi connectivity index (χ3n) is 3.89. The maximum atomic E-state index is 9.58. The first-order valence-corrected chi connectivity index (χ1v) is 7.44. The molecule has 4 heteroatoms. The van der Waals surface area contributed by atoms with Crippen molar-refractivity contribution in [3.05, 3.63) is 28.8 Å². The molecule has 1 fully saturated rings. The van der Waals surface area contributed by atoms with Gasteiger partial charge in [-0.1, -0.05) is 30.5 Å². The zero-order valence-electron chi connectivity index (χ0n) is 11.5. The van der Waals surface area contributed by atoms with E-state index in [1.54, 1.807) is 0 Å². The van der Waals surface area contributed by atoms with Gasteiger partial charge in [-0.25, -0.2) is 0 Å². The van der Waals surface area contributed by atoms with Crippen LogP contribution in [0.15, 0.2) is 18.2 Å². The van der Waals surface area contributed by atoms with E-state index >= 15 is 0 Å². The van der Waals surface area contributed by atoms with Gasteiger partial charge in [0.2, 0.25) is 0 Å². The summed E-state index contributed by atoms with van der Waals surface area (Å²) in [6, 6.07) is 6.19. The minimum Gasteiger partial charge on any atom is -0.394 e. The lowest BCUT2D eigenvalue weighted by Gasteiger charge is -2.31. The smallest absolute Gasteiger partial charge is 0.0643 e. The summed E-state index contributed by atoms with van der Waals surface area (Å²) in [5.74, 6) is 0. The van der Waals surface area contributed by atoms with E-state index in [1.807, 2.05) is 25.1 Å². The highest BCUT2D eigenvalue weighted by molar-refractivity contribution is 6.33. The van der Waals surface area contributed by atoms with E-state index in [9.17, 15) is 5.11 Å². The number of aliphatic hydroxyl groups is 1.